The first-order valence-corrected chi connectivity index (χ1v) is 6.99. The van der Waals surface area contributed by atoms with Gasteiger partial charge in [-0.25, -0.2) is 4.79 Å². The van der Waals surface area contributed by atoms with E-state index in [1.807, 2.05) is 18.2 Å². The first-order chi connectivity index (χ1) is 9.15. The van der Waals surface area contributed by atoms with Crippen LogP contribution in [0.25, 0.3) is 0 Å². The Morgan fingerprint density at radius 2 is 1.95 bits per heavy atom. The molecule has 0 saturated heterocycles. The smallest absolute Gasteiger partial charge is 0.315 e. The van der Waals surface area contributed by atoms with Crippen molar-refractivity contribution in [2.45, 2.75) is 44.4 Å². The number of halogens is 1. The maximum atomic E-state index is 11.7. The van der Waals surface area contributed by atoms with Gasteiger partial charge in [0.05, 0.1) is 6.10 Å². The Balaban J connectivity index is 1.74. The molecule has 1 aromatic rings. The molecule has 0 heterocycles. The van der Waals surface area contributed by atoms with Gasteiger partial charge in [-0.05, 0) is 37.3 Å². The Labute approximate surface area is 118 Å². The molecule has 19 heavy (non-hydrogen) atoms. The summed E-state index contributed by atoms with van der Waals surface area (Å²) in [5.74, 6) is 0. The number of carbonyl (C=O) groups is 1. The van der Waals surface area contributed by atoms with Crippen molar-refractivity contribution in [3.63, 3.8) is 0 Å². The van der Waals surface area contributed by atoms with Gasteiger partial charge in [0.2, 0.25) is 0 Å². The second-order valence-corrected chi connectivity index (χ2v) is 5.33. The number of amides is 2. The van der Waals surface area contributed by atoms with Crippen molar-refractivity contribution in [1.82, 2.24) is 10.6 Å². The van der Waals surface area contributed by atoms with E-state index in [1.54, 1.807) is 6.07 Å². The monoisotopic (exact) mass is 282 g/mol. The molecule has 1 aliphatic rings. The molecule has 1 fully saturated rings. The van der Waals surface area contributed by atoms with E-state index in [-0.39, 0.29) is 18.2 Å². The van der Waals surface area contributed by atoms with Crippen LogP contribution in [0.2, 0.25) is 5.02 Å². The highest BCUT2D eigenvalue weighted by Crippen LogP contribution is 2.18. The lowest BCUT2D eigenvalue weighted by atomic mass is 9.93. The Bertz CT molecular complexity index is 431. The number of nitrogens with one attached hydrogen (secondary N) is 2. The van der Waals surface area contributed by atoms with E-state index in [2.05, 4.69) is 10.6 Å². The summed E-state index contributed by atoms with van der Waals surface area (Å²) in [7, 11) is 0. The van der Waals surface area contributed by atoms with Gasteiger partial charge in [-0.3, -0.25) is 0 Å². The summed E-state index contributed by atoms with van der Waals surface area (Å²) >= 11 is 6.02. The quantitative estimate of drug-likeness (QED) is 0.797. The minimum atomic E-state index is -0.204. The van der Waals surface area contributed by atoms with Crippen molar-refractivity contribution < 1.29 is 9.90 Å². The van der Waals surface area contributed by atoms with Gasteiger partial charge in [-0.15, -0.1) is 0 Å². The Hall–Kier alpha value is -1.26. The van der Waals surface area contributed by atoms with Gasteiger partial charge in [0.1, 0.15) is 0 Å². The van der Waals surface area contributed by atoms with Gasteiger partial charge in [0.25, 0.3) is 0 Å². The maximum Gasteiger partial charge on any atom is 0.315 e. The third-order valence-electron chi connectivity index (χ3n) is 3.43. The highest BCUT2D eigenvalue weighted by Gasteiger charge is 2.20. The van der Waals surface area contributed by atoms with Crippen molar-refractivity contribution in [3.05, 3.63) is 34.9 Å². The van der Waals surface area contributed by atoms with Crippen molar-refractivity contribution in [3.8, 4) is 0 Å². The van der Waals surface area contributed by atoms with Crippen LogP contribution in [0.1, 0.15) is 31.2 Å². The molecular weight excluding hydrogens is 264 g/mol. The zero-order chi connectivity index (χ0) is 13.7. The van der Waals surface area contributed by atoms with Crippen LogP contribution in [0.3, 0.4) is 0 Å². The first-order valence-electron chi connectivity index (χ1n) is 6.61. The van der Waals surface area contributed by atoms with E-state index in [0.717, 1.165) is 31.2 Å². The zero-order valence-corrected chi connectivity index (χ0v) is 11.5. The van der Waals surface area contributed by atoms with Crippen molar-refractivity contribution in [2.24, 2.45) is 0 Å². The number of hydrogen-bond donors (Lipinski definition) is 3. The standard InChI is InChI=1S/C14H19ClN2O2/c15-13-4-2-1-3-10(13)9-16-14(19)17-11-5-7-12(18)8-6-11/h1-4,11-12,18H,5-9H2,(H2,16,17,19). The number of rotatable bonds is 3. The van der Waals surface area contributed by atoms with E-state index in [1.165, 1.54) is 0 Å². The van der Waals surface area contributed by atoms with Gasteiger partial charge in [-0.2, -0.15) is 0 Å². The summed E-state index contributed by atoms with van der Waals surface area (Å²) in [6.45, 7) is 0.418. The topological polar surface area (TPSA) is 61.4 Å². The zero-order valence-electron chi connectivity index (χ0n) is 10.7. The van der Waals surface area contributed by atoms with Crippen LogP contribution in [-0.4, -0.2) is 23.3 Å². The number of aliphatic hydroxyl groups is 1. The molecule has 0 unspecified atom stereocenters. The molecule has 0 bridgehead atoms. The van der Waals surface area contributed by atoms with Crippen LogP contribution in [0.15, 0.2) is 24.3 Å². The third-order valence-corrected chi connectivity index (χ3v) is 3.80. The summed E-state index contributed by atoms with van der Waals surface area (Å²) in [5, 5.41) is 15.8. The van der Waals surface area contributed by atoms with E-state index in [9.17, 15) is 9.90 Å². The molecule has 0 radical (unpaired) electrons. The molecule has 104 valence electrons. The van der Waals surface area contributed by atoms with Gasteiger partial charge in [0, 0.05) is 17.6 Å². The number of urea groups is 1. The molecular formula is C14H19ClN2O2. The number of carbonyl (C=O) groups excluding carboxylic acids is 1. The van der Waals surface area contributed by atoms with Crippen LogP contribution in [-0.2, 0) is 6.54 Å². The lowest BCUT2D eigenvalue weighted by molar-refractivity contribution is 0.117. The largest absolute Gasteiger partial charge is 0.393 e. The second-order valence-electron chi connectivity index (χ2n) is 4.92. The molecule has 3 N–H and O–H groups in total. The third kappa shape index (κ3) is 4.40. The highest BCUT2D eigenvalue weighted by atomic mass is 35.5. The average molecular weight is 283 g/mol. The second kappa shape index (κ2) is 6.78. The number of hydrogen-bond acceptors (Lipinski definition) is 2. The predicted molar refractivity (Wildman–Crippen MR) is 75.1 cm³/mol. The molecule has 1 saturated carbocycles. The van der Waals surface area contributed by atoms with E-state index < -0.39 is 0 Å². The molecule has 2 amide bonds. The molecule has 4 nitrogen and oxygen atoms in total. The molecule has 0 spiro atoms. The Morgan fingerprint density at radius 1 is 1.26 bits per heavy atom. The van der Waals surface area contributed by atoms with Gasteiger partial charge < -0.3 is 15.7 Å². The maximum absolute atomic E-state index is 11.7. The summed E-state index contributed by atoms with van der Waals surface area (Å²) in [6.07, 6.45) is 2.98. The molecule has 1 aromatic carbocycles. The van der Waals surface area contributed by atoms with Crippen LogP contribution < -0.4 is 10.6 Å². The van der Waals surface area contributed by atoms with Crippen LogP contribution >= 0.6 is 11.6 Å². The molecule has 2 rings (SSSR count). The SMILES string of the molecule is O=C(NCc1ccccc1Cl)NC1CCC(O)CC1. The van der Waals surface area contributed by atoms with E-state index >= 15 is 0 Å². The normalized spacial score (nSPS) is 22.8. The fourth-order valence-corrected chi connectivity index (χ4v) is 2.48. The molecule has 1 aliphatic carbocycles. The fourth-order valence-electron chi connectivity index (χ4n) is 2.27. The molecule has 5 heteroatoms. The summed E-state index contributed by atoms with van der Waals surface area (Å²) < 4.78 is 0. The van der Waals surface area contributed by atoms with E-state index in [4.69, 9.17) is 11.6 Å². The first kappa shape index (κ1) is 14.2. The molecule has 0 aromatic heterocycles. The molecule has 0 aliphatic heterocycles. The predicted octanol–water partition coefficient (Wildman–Crippen LogP) is 2.44. The highest BCUT2D eigenvalue weighted by molar-refractivity contribution is 6.31. The van der Waals surface area contributed by atoms with Crippen LogP contribution in [0, 0.1) is 0 Å². The van der Waals surface area contributed by atoms with Gasteiger partial charge >= 0.3 is 6.03 Å². The van der Waals surface area contributed by atoms with Crippen molar-refractivity contribution >= 4 is 17.6 Å². The lowest BCUT2D eigenvalue weighted by Gasteiger charge is -2.26. The average Bonchev–Trinajstić information content (AvgIpc) is 2.40. The van der Waals surface area contributed by atoms with Crippen molar-refractivity contribution in [2.75, 3.05) is 0 Å². The number of benzene rings is 1. The van der Waals surface area contributed by atoms with Gasteiger partial charge in [-0.1, -0.05) is 29.8 Å². The van der Waals surface area contributed by atoms with Crippen LogP contribution in [0.5, 0.6) is 0 Å². The summed E-state index contributed by atoms with van der Waals surface area (Å²) in [4.78, 5) is 11.7. The molecule has 0 atom stereocenters. The Kier molecular flexibility index (Phi) is 5.05. The van der Waals surface area contributed by atoms with Crippen LogP contribution in [0.4, 0.5) is 4.79 Å². The number of aliphatic hydroxyl groups excluding tert-OH is 1. The summed E-state index contributed by atoms with van der Waals surface area (Å²) in [6, 6.07) is 7.43. The lowest BCUT2D eigenvalue weighted by Crippen LogP contribution is -2.43. The minimum absolute atomic E-state index is 0.162. The Morgan fingerprint density at radius 3 is 2.63 bits per heavy atom. The summed E-state index contributed by atoms with van der Waals surface area (Å²) in [5.41, 5.74) is 0.901. The van der Waals surface area contributed by atoms with E-state index in [0.29, 0.717) is 11.6 Å². The minimum Gasteiger partial charge on any atom is -0.393 e. The van der Waals surface area contributed by atoms with Gasteiger partial charge in [0.15, 0.2) is 0 Å². The van der Waals surface area contributed by atoms with Crippen molar-refractivity contribution in [1.29, 1.82) is 0 Å². The fraction of sp³-hybridized carbons (Fsp3) is 0.500.